The molecule has 5 heteroatoms. The third-order valence-corrected chi connectivity index (χ3v) is 3.14. The second-order valence-electron chi connectivity index (χ2n) is 3.86. The minimum atomic E-state index is 0.533. The Kier molecular flexibility index (Phi) is 2.76. The average molecular weight is 304 g/mol. The molecular weight excluding hydrogens is 294 g/mol. The van der Waals surface area contributed by atoms with Gasteiger partial charge in [-0.15, -0.1) is 0 Å². The zero-order chi connectivity index (χ0) is 12.5. The quantitative estimate of drug-likeness (QED) is 0.727. The van der Waals surface area contributed by atoms with Gasteiger partial charge in [0.1, 0.15) is 11.3 Å². The standard InChI is InChI=1S/C13H10BrN3O/c1-17-12-11(3-2-8-15-12)16-13(17)18-10-6-4-9(14)5-7-10/h2-8H,1H3. The summed E-state index contributed by atoms with van der Waals surface area (Å²) in [5.41, 5.74) is 1.64. The van der Waals surface area contributed by atoms with E-state index in [2.05, 4.69) is 25.9 Å². The average Bonchev–Trinajstić information content (AvgIpc) is 2.70. The monoisotopic (exact) mass is 303 g/mol. The van der Waals surface area contributed by atoms with Gasteiger partial charge in [0.05, 0.1) is 0 Å². The summed E-state index contributed by atoms with van der Waals surface area (Å²) in [4.78, 5) is 8.67. The van der Waals surface area contributed by atoms with Gasteiger partial charge in [0.15, 0.2) is 5.65 Å². The highest BCUT2D eigenvalue weighted by Gasteiger charge is 2.09. The van der Waals surface area contributed by atoms with Crippen LogP contribution in [0.1, 0.15) is 0 Å². The Labute approximate surface area is 112 Å². The smallest absolute Gasteiger partial charge is 0.303 e. The molecule has 2 aromatic heterocycles. The molecule has 90 valence electrons. The molecule has 0 radical (unpaired) electrons. The third-order valence-electron chi connectivity index (χ3n) is 2.61. The van der Waals surface area contributed by atoms with Crippen molar-refractivity contribution in [3.63, 3.8) is 0 Å². The summed E-state index contributed by atoms with van der Waals surface area (Å²) in [6.07, 6.45) is 1.74. The normalized spacial score (nSPS) is 10.8. The Balaban J connectivity index is 1.99. The van der Waals surface area contributed by atoms with Gasteiger partial charge in [-0.25, -0.2) is 4.98 Å². The van der Waals surface area contributed by atoms with E-state index in [9.17, 15) is 0 Å². The third kappa shape index (κ3) is 1.97. The van der Waals surface area contributed by atoms with Crippen LogP contribution in [-0.4, -0.2) is 14.5 Å². The lowest BCUT2D eigenvalue weighted by molar-refractivity contribution is 0.427. The first kappa shape index (κ1) is 11.2. The molecule has 0 spiro atoms. The van der Waals surface area contributed by atoms with Crippen LogP contribution in [0, 0.1) is 0 Å². The molecule has 0 amide bonds. The van der Waals surface area contributed by atoms with Crippen LogP contribution >= 0.6 is 15.9 Å². The molecule has 0 saturated heterocycles. The number of hydrogen-bond acceptors (Lipinski definition) is 3. The van der Waals surface area contributed by atoms with Crippen molar-refractivity contribution in [3.05, 3.63) is 47.1 Å². The highest BCUT2D eigenvalue weighted by Crippen LogP contribution is 2.24. The van der Waals surface area contributed by atoms with Crippen LogP contribution in [0.5, 0.6) is 11.8 Å². The Morgan fingerprint density at radius 1 is 1.17 bits per heavy atom. The van der Waals surface area contributed by atoms with Gasteiger partial charge in [-0.05, 0) is 36.4 Å². The number of fused-ring (bicyclic) bond motifs is 1. The molecule has 1 aromatic carbocycles. The van der Waals surface area contributed by atoms with Crippen molar-refractivity contribution in [1.29, 1.82) is 0 Å². The lowest BCUT2D eigenvalue weighted by Crippen LogP contribution is -1.94. The van der Waals surface area contributed by atoms with Gasteiger partial charge in [-0.2, -0.15) is 4.98 Å². The Hall–Kier alpha value is -1.88. The van der Waals surface area contributed by atoms with E-state index in [1.165, 1.54) is 0 Å². The molecule has 0 unspecified atom stereocenters. The van der Waals surface area contributed by atoms with Crippen LogP contribution < -0.4 is 4.74 Å². The maximum Gasteiger partial charge on any atom is 0.303 e. The fourth-order valence-electron chi connectivity index (χ4n) is 1.70. The summed E-state index contributed by atoms with van der Waals surface area (Å²) < 4.78 is 8.59. The van der Waals surface area contributed by atoms with Crippen molar-refractivity contribution in [2.45, 2.75) is 0 Å². The fraction of sp³-hybridized carbons (Fsp3) is 0.0769. The second kappa shape index (κ2) is 4.42. The molecule has 0 bridgehead atoms. The summed E-state index contributed by atoms with van der Waals surface area (Å²) in [7, 11) is 1.89. The molecule has 0 aliphatic carbocycles. The maximum atomic E-state index is 5.74. The first-order chi connectivity index (χ1) is 8.74. The van der Waals surface area contributed by atoms with Crippen LogP contribution in [-0.2, 0) is 7.05 Å². The van der Waals surface area contributed by atoms with E-state index < -0.39 is 0 Å². The second-order valence-corrected chi connectivity index (χ2v) is 4.77. The van der Waals surface area contributed by atoms with E-state index in [1.807, 2.05) is 48.0 Å². The summed E-state index contributed by atoms with van der Waals surface area (Å²) in [6.45, 7) is 0. The van der Waals surface area contributed by atoms with E-state index in [-0.39, 0.29) is 0 Å². The van der Waals surface area contributed by atoms with E-state index in [1.54, 1.807) is 6.20 Å². The molecule has 4 nitrogen and oxygen atoms in total. The summed E-state index contributed by atoms with van der Waals surface area (Å²) in [5, 5.41) is 0. The summed E-state index contributed by atoms with van der Waals surface area (Å²) in [6, 6.07) is 11.9. The van der Waals surface area contributed by atoms with Crippen LogP contribution in [0.3, 0.4) is 0 Å². The number of pyridine rings is 1. The van der Waals surface area contributed by atoms with Gasteiger partial charge in [0, 0.05) is 17.7 Å². The zero-order valence-corrected chi connectivity index (χ0v) is 11.3. The minimum absolute atomic E-state index is 0.533. The molecule has 0 atom stereocenters. The lowest BCUT2D eigenvalue weighted by Gasteiger charge is -2.04. The predicted molar refractivity (Wildman–Crippen MR) is 72.7 cm³/mol. The number of aryl methyl sites for hydroxylation is 1. The fourth-order valence-corrected chi connectivity index (χ4v) is 1.97. The summed E-state index contributed by atoms with van der Waals surface area (Å²) in [5.74, 6) is 0.747. The van der Waals surface area contributed by atoms with Gasteiger partial charge in [-0.1, -0.05) is 15.9 Å². The van der Waals surface area contributed by atoms with E-state index in [0.29, 0.717) is 6.01 Å². The van der Waals surface area contributed by atoms with Crippen LogP contribution in [0.4, 0.5) is 0 Å². The Morgan fingerprint density at radius 3 is 2.67 bits per heavy atom. The zero-order valence-electron chi connectivity index (χ0n) is 9.67. The number of aromatic nitrogens is 3. The predicted octanol–water partition coefficient (Wildman–Crippen LogP) is 3.52. The van der Waals surface area contributed by atoms with Crippen molar-refractivity contribution >= 4 is 27.1 Å². The van der Waals surface area contributed by atoms with Gasteiger partial charge in [-0.3, -0.25) is 4.57 Å². The summed E-state index contributed by atoms with van der Waals surface area (Å²) >= 11 is 3.39. The highest BCUT2D eigenvalue weighted by molar-refractivity contribution is 9.10. The molecule has 2 heterocycles. The molecule has 0 aliphatic rings. The van der Waals surface area contributed by atoms with Gasteiger partial charge in [0.2, 0.25) is 0 Å². The first-order valence-electron chi connectivity index (χ1n) is 5.45. The van der Waals surface area contributed by atoms with E-state index >= 15 is 0 Å². The topological polar surface area (TPSA) is 39.9 Å². The SMILES string of the molecule is Cn1c(Oc2ccc(Br)cc2)nc2cccnc21. The molecule has 18 heavy (non-hydrogen) atoms. The number of benzene rings is 1. The van der Waals surface area contributed by atoms with Crippen molar-refractivity contribution in [2.24, 2.45) is 7.05 Å². The van der Waals surface area contributed by atoms with Crippen LogP contribution in [0.2, 0.25) is 0 Å². The van der Waals surface area contributed by atoms with Gasteiger partial charge < -0.3 is 4.74 Å². The highest BCUT2D eigenvalue weighted by atomic mass is 79.9. The number of halogens is 1. The van der Waals surface area contributed by atoms with Crippen molar-refractivity contribution < 1.29 is 4.74 Å². The first-order valence-corrected chi connectivity index (χ1v) is 6.24. The molecule has 3 aromatic rings. The Bertz CT molecular complexity index is 691. The number of nitrogens with zero attached hydrogens (tertiary/aromatic N) is 3. The Morgan fingerprint density at radius 2 is 1.94 bits per heavy atom. The molecular formula is C13H10BrN3O. The number of hydrogen-bond donors (Lipinski definition) is 0. The number of ether oxygens (including phenoxy) is 1. The van der Waals surface area contributed by atoms with Crippen molar-refractivity contribution in [3.8, 4) is 11.8 Å². The van der Waals surface area contributed by atoms with E-state index in [4.69, 9.17) is 4.74 Å². The van der Waals surface area contributed by atoms with Gasteiger partial charge in [0.25, 0.3) is 0 Å². The van der Waals surface area contributed by atoms with Crippen LogP contribution in [0.15, 0.2) is 47.1 Å². The maximum absolute atomic E-state index is 5.74. The van der Waals surface area contributed by atoms with Crippen molar-refractivity contribution in [2.75, 3.05) is 0 Å². The molecule has 0 saturated carbocycles. The molecule has 0 N–H and O–H groups in total. The van der Waals surface area contributed by atoms with Crippen LogP contribution in [0.25, 0.3) is 11.2 Å². The largest absolute Gasteiger partial charge is 0.425 e. The van der Waals surface area contributed by atoms with E-state index in [0.717, 1.165) is 21.4 Å². The van der Waals surface area contributed by atoms with Crippen molar-refractivity contribution in [1.82, 2.24) is 14.5 Å². The number of rotatable bonds is 2. The molecule has 3 rings (SSSR count). The lowest BCUT2D eigenvalue weighted by atomic mass is 10.3. The molecule has 0 aliphatic heterocycles. The minimum Gasteiger partial charge on any atom is -0.425 e. The number of imidazole rings is 1. The van der Waals surface area contributed by atoms with Gasteiger partial charge >= 0.3 is 6.01 Å². The molecule has 0 fully saturated rings.